The van der Waals surface area contributed by atoms with Crippen molar-refractivity contribution in [3.63, 3.8) is 0 Å². The van der Waals surface area contributed by atoms with E-state index in [0.29, 0.717) is 9.49 Å². The molecule has 1 N–H and O–H groups in total. The second kappa shape index (κ2) is 5.35. The van der Waals surface area contributed by atoms with Crippen molar-refractivity contribution in [1.82, 2.24) is 9.97 Å². The maximum atomic E-state index is 11.5. The third-order valence-corrected chi connectivity index (χ3v) is 4.32. The zero-order chi connectivity index (χ0) is 11.5. The molecular weight excluding hydrogens is 340 g/mol. The van der Waals surface area contributed by atoms with Gasteiger partial charge in [-0.3, -0.25) is 4.79 Å². The molecule has 1 aliphatic rings. The molecule has 2 rings (SSSR count). The van der Waals surface area contributed by atoms with E-state index in [1.165, 1.54) is 6.33 Å². The van der Waals surface area contributed by atoms with Crippen LogP contribution in [-0.2, 0) is 0 Å². The molecule has 0 atom stereocenters. The van der Waals surface area contributed by atoms with Gasteiger partial charge < -0.3 is 9.88 Å². The van der Waals surface area contributed by atoms with Gasteiger partial charge in [-0.25, -0.2) is 4.98 Å². The molecule has 4 nitrogen and oxygen atoms in total. The Balaban J connectivity index is 2.14. The number of hydrogen-bond acceptors (Lipinski definition) is 3. The summed E-state index contributed by atoms with van der Waals surface area (Å²) < 4.78 is 0.671. The molecule has 2 heterocycles. The lowest BCUT2D eigenvalue weighted by atomic mass is 9.99. The summed E-state index contributed by atoms with van der Waals surface area (Å²) in [6.07, 6.45) is 3.62. The maximum absolute atomic E-state index is 11.5. The molecular formula is C10H13ClIN3O. The minimum Gasteiger partial charge on any atom is -0.356 e. The summed E-state index contributed by atoms with van der Waals surface area (Å²) in [4.78, 5) is 20.4. The summed E-state index contributed by atoms with van der Waals surface area (Å²) in [6, 6.07) is 0. The highest BCUT2D eigenvalue weighted by atomic mass is 127. The lowest BCUT2D eigenvalue weighted by Crippen LogP contribution is -2.36. The van der Waals surface area contributed by atoms with Crippen molar-refractivity contribution < 1.29 is 0 Å². The fourth-order valence-corrected chi connectivity index (χ4v) is 2.84. The Labute approximate surface area is 113 Å². The highest BCUT2D eigenvalue weighted by Crippen LogP contribution is 2.24. The molecule has 0 aliphatic carbocycles. The van der Waals surface area contributed by atoms with Crippen LogP contribution in [0.2, 0.25) is 0 Å². The number of aromatic amines is 1. The van der Waals surface area contributed by atoms with E-state index >= 15 is 0 Å². The number of H-pyrrole nitrogens is 1. The minimum absolute atomic E-state index is 0.0648. The Morgan fingerprint density at radius 2 is 2.25 bits per heavy atom. The van der Waals surface area contributed by atoms with Crippen LogP contribution in [0.4, 0.5) is 5.82 Å². The van der Waals surface area contributed by atoms with E-state index in [4.69, 9.17) is 11.6 Å². The third kappa shape index (κ3) is 2.51. The number of rotatable bonds is 2. The second-order valence-electron chi connectivity index (χ2n) is 3.95. The predicted octanol–water partition coefficient (Wildman–Crippen LogP) is 1.83. The van der Waals surface area contributed by atoms with E-state index in [1.54, 1.807) is 0 Å². The van der Waals surface area contributed by atoms with E-state index in [-0.39, 0.29) is 5.56 Å². The van der Waals surface area contributed by atoms with Gasteiger partial charge in [0.1, 0.15) is 9.39 Å². The number of nitrogens with one attached hydrogen (secondary N) is 1. The van der Waals surface area contributed by atoms with Crippen LogP contribution in [0.1, 0.15) is 12.8 Å². The summed E-state index contributed by atoms with van der Waals surface area (Å²) in [7, 11) is 0. The molecule has 88 valence electrons. The molecule has 0 unspecified atom stereocenters. The molecule has 0 amide bonds. The van der Waals surface area contributed by atoms with Gasteiger partial charge in [0.15, 0.2) is 0 Å². The first-order chi connectivity index (χ1) is 7.72. The lowest BCUT2D eigenvalue weighted by Gasteiger charge is -2.32. The minimum atomic E-state index is -0.0648. The van der Waals surface area contributed by atoms with Crippen molar-refractivity contribution >= 4 is 40.0 Å². The first-order valence-electron chi connectivity index (χ1n) is 5.26. The quantitative estimate of drug-likeness (QED) is 0.652. The summed E-state index contributed by atoms with van der Waals surface area (Å²) in [6.45, 7) is 1.87. The van der Waals surface area contributed by atoms with Crippen LogP contribution in [0.3, 0.4) is 0 Å². The largest absolute Gasteiger partial charge is 0.356 e. The fraction of sp³-hybridized carbons (Fsp3) is 0.600. The lowest BCUT2D eigenvalue weighted by molar-refractivity contribution is 0.440. The average Bonchev–Trinajstić information content (AvgIpc) is 2.33. The van der Waals surface area contributed by atoms with Crippen LogP contribution in [-0.4, -0.2) is 28.9 Å². The highest BCUT2D eigenvalue weighted by Gasteiger charge is 2.21. The van der Waals surface area contributed by atoms with Gasteiger partial charge in [0.2, 0.25) is 0 Å². The zero-order valence-corrected chi connectivity index (χ0v) is 11.7. The molecule has 1 aromatic heterocycles. The van der Waals surface area contributed by atoms with Crippen LogP contribution < -0.4 is 10.5 Å². The van der Waals surface area contributed by atoms with Crippen molar-refractivity contribution in [1.29, 1.82) is 0 Å². The summed E-state index contributed by atoms with van der Waals surface area (Å²) in [5.74, 6) is 2.14. The van der Waals surface area contributed by atoms with Crippen LogP contribution in [0.5, 0.6) is 0 Å². The van der Waals surface area contributed by atoms with Crippen molar-refractivity contribution in [2.45, 2.75) is 12.8 Å². The molecule has 0 bridgehead atoms. The van der Waals surface area contributed by atoms with E-state index in [1.807, 2.05) is 22.6 Å². The molecule has 1 aromatic rings. The predicted molar refractivity (Wildman–Crippen MR) is 73.2 cm³/mol. The number of nitrogens with zero attached hydrogens (tertiary/aromatic N) is 2. The Morgan fingerprint density at radius 3 is 2.88 bits per heavy atom. The van der Waals surface area contributed by atoms with Gasteiger partial charge in [-0.1, -0.05) is 0 Å². The van der Waals surface area contributed by atoms with E-state index < -0.39 is 0 Å². The van der Waals surface area contributed by atoms with Gasteiger partial charge >= 0.3 is 0 Å². The van der Waals surface area contributed by atoms with Gasteiger partial charge in [0.25, 0.3) is 5.56 Å². The van der Waals surface area contributed by atoms with E-state index in [9.17, 15) is 4.79 Å². The molecule has 0 radical (unpaired) electrons. The Hall–Kier alpha value is -0.300. The smallest absolute Gasteiger partial charge is 0.266 e. The van der Waals surface area contributed by atoms with Crippen LogP contribution >= 0.6 is 34.2 Å². The van der Waals surface area contributed by atoms with Crippen LogP contribution in [0, 0.1) is 9.49 Å². The zero-order valence-electron chi connectivity index (χ0n) is 8.75. The Kier molecular flexibility index (Phi) is 4.07. The van der Waals surface area contributed by atoms with Crippen LogP contribution in [0.15, 0.2) is 11.1 Å². The summed E-state index contributed by atoms with van der Waals surface area (Å²) in [5, 5.41) is 0. The van der Waals surface area contributed by atoms with Gasteiger partial charge in [-0.2, -0.15) is 0 Å². The van der Waals surface area contributed by atoms with Gasteiger partial charge in [-0.15, -0.1) is 11.6 Å². The van der Waals surface area contributed by atoms with Gasteiger partial charge in [0, 0.05) is 19.0 Å². The third-order valence-electron chi connectivity index (χ3n) is 2.91. The normalized spacial score (nSPS) is 17.8. The van der Waals surface area contributed by atoms with Gasteiger partial charge in [-0.05, 0) is 41.4 Å². The molecule has 1 saturated heterocycles. The molecule has 0 spiro atoms. The summed E-state index contributed by atoms with van der Waals surface area (Å²) in [5.41, 5.74) is -0.0648. The standard InChI is InChI=1S/C10H13ClIN3O/c11-5-7-1-3-15(4-2-7)9-8(12)10(16)14-6-13-9/h6-7H,1-5H2,(H,13,14,16). The van der Waals surface area contributed by atoms with E-state index in [2.05, 4.69) is 14.9 Å². The topological polar surface area (TPSA) is 49.0 Å². The Bertz CT molecular complexity index is 415. The molecule has 0 aromatic carbocycles. The average molecular weight is 354 g/mol. The number of alkyl halides is 1. The molecule has 0 saturated carbocycles. The molecule has 6 heteroatoms. The first kappa shape index (κ1) is 12.2. The Morgan fingerprint density at radius 1 is 1.56 bits per heavy atom. The first-order valence-corrected chi connectivity index (χ1v) is 6.87. The van der Waals surface area contributed by atoms with Crippen molar-refractivity contribution in [3.05, 3.63) is 20.3 Å². The second-order valence-corrected chi connectivity index (χ2v) is 5.34. The SMILES string of the molecule is O=c1[nH]cnc(N2CCC(CCl)CC2)c1I. The summed E-state index contributed by atoms with van der Waals surface area (Å²) >= 11 is 7.89. The maximum Gasteiger partial charge on any atom is 0.266 e. The number of halogens is 2. The van der Waals surface area contributed by atoms with Crippen molar-refractivity contribution in [2.24, 2.45) is 5.92 Å². The number of aromatic nitrogens is 2. The monoisotopic (exact) mass is 353 g/mol. The van der Waals surface area contributed by atoms with E-state index in [0.717, 1.165) is 37.6 Å². The fourth-order valence-electron chi connectivity index (χ4n) is 1.89. The number of anilines is 1. The van der Waals surface area contributed by atoms with Crippen molar-refractivity contribution in [3.8, 4) is 0 Å². The van der Waals surface area contributed by atoms with Crippen molar-refractivity contribution in [2.75, 3.05) is 23.9 Å². The number of piperidine rings is 1. The van der Waals surface area contributed by atoms with Gasteiger partial charge in [0.05, 0.1) is 6.33 Å². The molecule has 1 aliphatic heterocycles. The number of hydrogen-bond donors (Lipinski definition) is 1. The highest BCUT2D eigenvalue weighted by molar-refractivity contribution is 14.1. The van der Waals surface area contributed by atoms with Crippen LogP contribution in [0.25, 0.3) is 0 Å². The molecule has 1 fully saturated rings. The molecule has 16 heavy (non-hydrogen) atoms.